The predicted octanol–water partition coefficient (Wildman–Crippen LogP) is 5.63. The number of anilines is 1. The predicted molar refractivity (Wildman–Crippen MR) is 137 cm³/mol. The summed E-state index contributed by atoms with van der Waals surface area (Å²) in [5, 5.41) is 17.2. The van der Waals surface area contributed by atoms with Crippen molar-refractivity contribution in [1.82, 2.24) is 20.3 Å². The van der Waals surface area contributed by atoms with E-state index in [0.29, 0.717) is 17.3 Å². The number of ether oxygens (including phenoxy) is 2. The molecule has 2 aromatic heterocycles. The van der Waals surface area contributed by atoms with Crippen LogP contribution in [0.15, 0.2) is 48.8 Å². The summed E-state index contributed by atoms with van der Waals surface area (Å²) in [6, 6.07) is 8.23. The molecule has 4 rings (SSSR count). The Hall–Kier alpha value is -4.35. The molecule has 3 aromatic rings. The van der Waals surface area contributed by atoms with Gasteiger partial charge in [0.1, 0.15) is 11.3 Å². The number of rotatable bonds is 7. The third-order valence-electron chi connectivity index (χ3n) is 5.80. The number of benzene rings is 1. The Morgan fingerprint density at radius 3 is 2.47 bits per heavy atom. The Labute approximate surface area is 219 Å². The zero-order chi connectivity index (χ0) is 27.3. The quantitative estimate of drug-likeness (QED) is 0.297. The zero-order valence-corrected chi connectivity index (χ0v) is 21.3. The van der Waals surface area contributed by atoms with Gasteiger partial charge in [-0.1, -0.05) is 0 Å². The number of nitrogens with zero attached hydrogens (tertiary/aromatic N) is 4. The molecule has 1 amide bonds. The highest BCUT2D eigenvalue weighted by Crippen LogP contribution is 2.33. The number of aromatic nitrogens is 3. The summed E-state index contributed by atoms with van der Waals surface area (Å²) in [6.45, 7) is 5.49. The van der Waals surface area contributed by atoms with E-state index in [2.05, 4.69) is 25.6 Å². The molecular formula is C26H29FN6O5. The Bertz CT molecular complexity index is 1310. The van der Waals surface area contributed by atoms with Crippen molar-refractivity contribution in [2.45, 2.75) is 64.1 Å². The molecule has 0 aliphatic heterocycles. The minimum absolute atomic E-state index is 0.0446. The second-order valence-corrected chi connectivity index (χ2v) is 9.93. The fourth-order valence-electron chi connectivity index (χ4n) is 4.07. The van der Waals surface area contributed by atoms with Gasteiger partial charge in [0.15, 0.2) is 17.3 Å². The summed E-state index contributed by atoms with van der Waals surface area (Å²) in [5.74, 6) is -0.396. The lowest BCUT2D eigenvalue weighted by Crippen LogP contribution is -2.42. The van der Waals surface area contributed by atoms with Crippen molar-refractivity contribution in [3.8, 4) is 22.9 Å². The van der Waals surface area contributed by atoms with Crippen molar-refractivity contribution in [3.05, 3.63) is 64.7 Å². The first kappa shape index (κ1) is 26.7. The average Bonchev–Trinajstić information content (AvgIpc) is 2.86. The lowest BCUT2D eigenvalue weighted by Gasteiger charge is -2.30. The van der Waals surface area contributed by atoms with Crippen LogP contribution in [0, 0.1) is 15.9 Å². The van der Waals surface area contributed by atoms with Crippen LogP contribution in [0.25, 0.3) is 11.4 Å². The number of nitrogens with one attached hydrogen (secondary N) is 2. The van der Waals surface area contributed by atoms with E-state index >= 15 is 0 Å². The number of hydrogen-bond donors (Lipinski definition) is 2. The van der Waals surface area contributed by atoms with E-state index in [4.69, 9.17) is 9.47 Å². The average molecular weight is 525 g/mol. The molecule has 38 heavy (non-hydrogen) atoms. The van der Waals surface area contributed by atoms with Crippen molar-refractivity contribution >= 4 is 17.7 Å². The van der Waals surface area contributed by atoms with Crippen LogP contribution >= 0.6 is 0 Å². The first-order chi connectivity index (χ1) is 18.1. The molecule has 1 fully saturated rings. The van der Waals surface area contributed by atoms with E-state index < -0.39 is 22.4 Å². The van der Waals surface area contributed by atoms with Crippen molar-refractivity contribution < 1.29 is 23.6 Å². The Kier molecular flexibility index (Phi) is 7.99. The minimum Gasteiger partial charge on any atom is -0.452 e. The van der Waals surface area contributed by atoms with Crippen LogP contribution in [0.3, 0.4) is 0 Å². The molecule has 0 radical (unpaired) electrons. The summed E-state index contributed by atoms with van der Waals surface area (Å²) in [4.78, 5) is 35.5. The van der Waals surface area contributed by atoms with Crippen LogP contribution in [-0.2, 0) is 4.74 Å². The molecule has 2 heterocycles. The summed E-state index contributed by atoms with van der Waals surface area (Å²) in [5.41, 5.74) is -0.0937. The van der Waals surface area contributed by atoms with Crippen molar-refractivity contribution in [2.24, 2.45) is 0 Å². The molecule has 1 aromatic carbocycles. The highest BCUT2D eigenvalue weighted by atomic mass is 19.1. The van der Waals surface area contributed by atoms with Crippen molar-refractivity contribution in [3.63, 3.8) is 0 Å². The van der Waals surface area contributed by atoms with Crippen LogP contribution < -0.4 is 15.4 Å². The lowest BCUT2D eigenvalue weighted by atomic mass is 9.91. The number of non-ortho nitro benzene ring substituents is 1. The Morgan fingerprint density at radius 1 is 1.05 bits per heavy atom. The highest BCUT2D eigenvalue weighted by Gasteiger charge is 2.25. The topological polar surface area (TPSA) is 141 Å². The Balaban J connectivity index is 1.41. The molecule has 1 aliphatic carbocycles. The van der Waals surface area contributed by atoms with E-state index in [1.165, 1.54) is 12.1 Å². The zero-order valence-electron chi connectivity index (χ0n) is 21.3. The van der Waals surface area contributed by atoms with Crippen LogP contribution in [0.4, 0.5) is 20.8 Å². The standard InChI is InChI=1S/C26H29FN6O5/c1-26(2,3)38-25(34)31-17-8-6-16(7-9-17)30-24-29-14-12-20(32-24)23-22(5-4-13-28-23)37-21-11-10-18(33(35)36)15-19(21)27/h4-5,10-17H,6-9H2,1-3H3,(H,31,34)(H,29,30,32). The number of carbonyl (C=O) groups excluding carboxylic acids is 1. The molecule has 0 bridgehead atoms. The number of pyridine rings is 1. The number of hydrogen-bond acceptors (Lipinski definition) is 9. The number of halogens is 1. The molecule has 0 saturated heterocycles. The maximum Gasteiger partial charge on any atom is 0.407 e. The van der Waals surface area contributed by atoms with Gasteiger partial charge in [0.25, 0.3) is 5.69 Å². The van der Waals surface area contributed by atoms with Crippen molar-refractivity contribution in [2.75, 3.05) is 5.32 Å². The first-order valence-electron chi connectivity index (χ1n) is 12.2. The molecule has 12 heteroatoms. The number of alkyl carbamates (subject to hydrolysis) is 1. The third kappa shape index (κ3) is 7.11. The van der Waals surface area contributed by atoms with E-state index in [1.54, 1.807) is 30.6 Å². The van der Waals surface area contributed by atoms with Gasteiger partial charge in [-0.3, -0.25) is 15.1 Å². The molecule has 2 N–H and O–H groups in total. The van der Waals surface area contributed by atoms with Crippen molar-refractivity contribution in [1.29, 1.82) is 0 Å². The fraction of sp³-hybridized carbons (Fsp3) is 0.385. The monoisotopic (exact) mass is 524 g/mol. The van der Waals surface area contributed by atoms with E-state index in [-0.39, 0.29) is 29.3 Å². The van der Waals surface area contributed by atoms with Gasteiger partial charge in [0.05, 0.1) is 16.7 Å². The molecule has 0 unspecified atom stereocenters. The van der Waals surface area contributed by atoms with E-state index in [9.17, 15) is 19.3 Å². The van der Waals surface area contributed by atoms with Gasteiger partial charge >= 0.3 is 6.09 Å². The summed E-state index contributed by atoms with van der Waals surface area (Å²) >= 11 is 0. The maximum atomic E-state index is 14.4. The molecule has 11 nitrogen and oxygen atoms in total. The van der Waals surface area contributed by atoms with Crippen LogP contribution in [0.1, 0.15) is 46.5 Å². The Morgan fingerprint density at radius 2 is 1.79 bits per heavy atom. The lowest BCUT2D eigenvalue weighted by molar-refractivity contribution is -0.385. The van der Waals surface area contributed by atoms with Crippen LogP contribution in [-0.4, -0.2) is 43.7 Å². The molecule has 1 aliphatic rings. The first-order valence-corrected chi connectivity index (χ1v) is 12.2. The fourth-order valence-corrected chi connectivity index (χ4v) is 4.07. The SMILES string of the molecule is CC(C)(C)OC(=O)NC1CCC(Nc2nccc(-c3ncccc3Oc3ccc([N+](=O)[O-])cc3F)n2)CC1. The van der Waals surface area contributed by atoms with E-state index in [0.717, 1.165) is 31.7 Å². The normalized spacial score (nSPS) is 17.4. The highest BCUT2D eigenvalue weighted by molar-refractivity contribution is 5.68. The van der Waals surface area contributed by atoms with E-state index in [1.807, 2.05) is 20.8 Å². The number of nitro benzene ring substituents is 1. The maximum absolute atomic E-state index is 14.4. The largest absolute Gasteiger partial charge is 0.452 e. The van der Waals surface area contributed by atoms with Gasteiger partial charge in [-0.2, -0.15) is 0 Å². The number of nitro groups is 1. The molecular weight excluding hydrogens is 495 g/mol. The molecule has 0 atom stereocenters. The molecule has 200 valence electrons. The summed E-state index contributed by atoms with van der Waals surface area (Å²) < 4.78 is 25.5. The third-order valence-corrected chi connectivity index (χ3v) is 5.80. The van der Waals surface area contributed by atoms with Gasteiger partial charge in [0.2, 0.25) is 5.95 Å². The molecule has 0 spiro atoms. The van der Waals surface area contributed by atoms with Gasteiger partial charge in [-0.25, -0.2) is 19.2 Å². The van der Waals surface area contributed by atoms with Gasteiger partial charge in [0, 0.05) is 30.5 Å². The minimum atomic E-state index is -0.865. The van der Waals surface area contributed by atoms with Crippen LogP contribution in [0.5, 0.6) is 11.5 Å². The number of carbonyl (C=O) groups is 1. The second-order valence-electron chi connectivity index (χ2n) is 9.93. The van der Waals surface area contributed by atoms with Gasteiger partial charge in [-0.05, 0) is 70.7 Å². The number of amides is 1. The molecule has 1 saturated carbocycles. The summed E-state index contributed by atoms with van der Waals surface area (Å²) in [6.07, 6.45) is 5.93. The second kappa shape index (κ2) is 11.4. The smallest absolute Gasteiger partial charge is 0.407 e. The van der Waals surface area contributed by atoms with Gasteiger partial charge < -0.3 is 20.1 Å². The van der Waals surface area contributed by atoms with Crippen LogP contribution in [0.2, 0.25) is 0 Å². The summed E-state index contributed by atoms with van der Waals surface area (Å²) in [7, 11) is 0. The van der Waals surface area contributed by atoms with Gasteiger partial charge in [-0.15, -0.1) is 0 Å².